The number of ether oxygens (including phenoxy) is 1. The van der Waals surface area contributed by atoms with Crippen molar-refractivity contribution in [1.29, 1.82) is 0 Å². The topological polar surface area (TPSA) is 52.3 Å². The molecule has 8 heteroatoms. The van der Waals surface area contributed by atoms with Gasteiger partial charge < -0.3 is 4.74 Å². The van der Waals surface area contributed by atoms with Crippen molar-refractivity contribution in [3.63, 3.8) is 0 Å². The van der Waals surface area contributed by atoms with Gasteiger partial charge in [-0.25, -0.2) is 8.78 Å². The lowest BCUT2D eigenvalue weighted by Crippen LogP contribution is -2.05. The predicted molar refractivity (Wildman–Crippen MR) is 93.3 cm³/mol. The molecule has 1 atom stereocenters. The summed E-state index contributed by atoms with van der Waals surface area (Å²) in [6.45, 7) is 1.87. The number of rotatable bonds is 5. The highest BCUT2D eigenvalue weighted by molar-refractivity contribution is 7.16. The van der Waals surface area contributed by atoms with Gasteiger partial charge in [-0.15, -0.1) is 10.2 Å². The number of halogens is 2. The Hall–Kier alpha value is -2.87. The first-order valence-electron chi connectivity index (χ1n) is 7.96. The summed E-state index contributed by atoms with van der Waals surface area (Å²) in [5.41, 5.74) is 0.922. The predicted octanol–water partition coefficient (Wildman–Crippen LogP) is 4.19. The number of hydrogen-bond acceptors (Lipinski definition) is 5. The van der Waals surface area contributed by atoms with Gasteiger partial charge in [-0.1, -0.05) is 23.5 Å². The van der Waals surface area contributed by atoms with E-state index < -0.39 is 0 Å². The van der Waals surface area contributed by atoms with E-state index in [-0.39, 0.29) is 17.7 Å². The van der Waals surface area contributed by atoms with E-state index in [1.54, 1.807) is 28.8 Å². The molecule has 4 rings (SSSR count). The highest BCUT2D eigenvalue weighted by Gasteiger charge is 2.17. The molecular weight excluding hydrogens is 358 g/mol. The van der Waals surface area contributed by atoms with Crippen molar-refractivity contribution >= 4 is 16.3 Å². The molecule has 0 saturated heterocycles. The Morgan fingerprint density at radius 3 is 2.35 bits per heavy atom. The quantitative estimate of drug-likeness (QED) is 0.527. The molecule has 0 amide bonds. The highest BCUT2D eigenvalue weighted by atomic mass is 32.1. The molecule has 2 heterocycles. The summed E-state index contributed by atoms with van der Waals surface area (Å²) in [7, 11) is 0. The second-order valence-corrected chi connectivity index (χ2v) is 6.76. The molecule has 0 aliphatic carbocycles. The maximum absolute atomic E-state index is 13.0. The maximum atomic E-state index is 13.0. The third-order valence-electron chi connectivity index (χ3n) is 3.82. The van der Waals surface area contributed by atoms with E-state index in [4.69, 9.17) is 4.74 Å². The number of aromatic nitrogens is 4. The Kier molecular flexibility index (Phi) is 4.34. The van der Waals surface area contributed by atoms with Crippen molar-refractivity contribution in [2.45, 2.75) is 19.4 Å². The van der Waals surface area contributed by atoms with Crippen LogP contribution in [0.15, 0.2) is 48.5 Å². The van der Waals surface area contributed by atoms with Crippen LogP contribution in [0.3, 0.4) is 0 Å². The molecule has 0 N–H and O–H groups in total. The molecule has 0 fully saturated rings. The van der Waals surface area contributed by atoms with Crippen LogP contribution < -0.4 is 4.74 Å². The molecule has 0 aliphatic heterocycles. The van der Waals surface area contributed by atoms with Crippen LogP contribution in [0.25, 0.3) is 4.96 Å². The van der Waals surface area contributed by atoms with Gasteiger partial charge in [0.15, 0.2) is 10.8 Å². The van der Waals surface area contributed by atoms with Crippen molar-refractivity contribution in [2.75, 3.05) is 0 Å². The number of hydrogen-bond donors (Lipinski definition) is 0. The van der Waals surface area contributed by atoms with Gasteiger partial charge in [0.2, 0.25) is 4.96 Å². The van der Waals surface area contributed by atoms with Gasteiger partial charge in [0.25, 0.3) is 0 Å². The molecule has 0 saturated carbocycles. The Balaban J connectivity index is 1.54. The smallest absolute Gasteiger partial charge is 0.234 e. The molecule has 2 aromatic carbocycles. The summed E-state index contributed by atoms with van der Waals surface area (Å²) in [6.07, 6.45) is 0.184. The average Bonchev–Trinajstić information content (AvgIpc) is 3.21. The van der Waals surface area contributed by atoms with E-state index in [9.17, 15) is 8.78 Å². The average molecular weight is 372 g/mol. The zero-order valence-electron chi connectivity index (χ0n) is 13.8. The minimum absolute atomic E-state index is 0.275. The van der Waals surface area contributed by atoms with Gasteiger partial charge in [0.1, 0.15) is 23.5 Å². The first kappa shape index (κ1) is 16.6. The number of fused-ring (bicyclic) bond motifs is 1. The van der Waals surface area contributed by atoms with Crippen molar-refractivity contribution in [1.82, 2.24) is 19.8 Å². The van der Waals surface area contributed by atoms with Crippen LogP contribution in [0, 0.1) is 11.6 Å². The summed E-state index contributed by atoms with van der Waals surface area (Å²) in [4.78, 5) is 0.659. The van der Waals surface area contributed by atoms with Crippen LogP contribution in [-0.2, 0) is 6.42 Å². The Morgan fingerprint density at radius 1 is 1.00 bits per heavy atom. The monoisotopic (exact) mass is 372 g/mol. The van der Waals surface area contributed by atoms with Crippen LogP contribution in [0.1, 0.15) is 29.4 Å². The highest BCUT2D eigenvalue weighted by Crippen LogP contribution is 2.26. The first-order valence-corrected chi connectivity index (χ1v) is 8.78. The molecule has 0 radical (unpaired) electrons. The number of benzene rings is 2. The van der Waals surface area contributed by atoms with E-state index in [1.165, 1.54) is 35.6 Å². The van der Waals surface area contributed by atoms with E-state index in [0.29, 0.717) is 23.0 Å². The molecular formula is C18H14F2N4OS. The van der Waals surface area contributed by atoms with Gasteiger partial charge in [-0.2, -0.15) is 9.61 Å². The van der Waals surface area contributed by atoms with Crippen LogP contribution in [0.2, 0.25) is 0 Å². The summed E-state index contributed by atoms with van der Waals surface area (Å²) < 4.78 is 33.5. The second-order valence-electron chi connectivity index (χ2n) is 5.77. The molecule has 26 heavy (non-hydrogen) atoms. The largest absolute Gasteiger partial charge is 0.483 e. The van der Waals surface area contributed by atoms with Crippen molar-refractivity contribution in [2.24, 2.45) is 0 Å². The molecule has 0 bridgehead atoms. The maximum Gasteiger partial charge on any atom is 0.234 e. The van der Waals surface area contributed by atoms with Crippen molar-refractivity contribution in [3.05, 3.63) is 76.6 Å². The van der Waals surface area contributed by atoms with Crippen molar-refractivity contribution < 1.29 is 13.5 Å². The first-order chi connectivity index (χ1) is 12.6. The Morgan fingerprint density at radius 2 is 1.65 bits per heavy atom. The molecule has 0 unspecified atom stereocenters. The summed E-state index contributed by atoms with van der Waals surface area (Å²) in [5.74, 6) is 0.650. The van der Waals surface area contributed by atoms with E-state index in [0.717, 1.165) is 10.6 Å². The molecule has 4 aromatic rings. The molecule has 2 aromatic heterocycles. The van der Waals surface area contributed by atoms with E-state index >= 15 is 0 Å². The second kappa shape index (κ2) is 6.80. The Bertz CT molecular complexity index is 1030. The lowest BCUT2D eigenvalue weighted by atomic mass is 10.1. The lowest BCUT2D eigenvalue weighted by molar-refractivity contribution is 0.224. The fraction of sp³-hybridized carbons (Fsp3) is 0.167. The van der Waals surface area contributed by atoms with E-state index in [2.05, 4.69) is 15.3 Å². The summed E-state index contributed by atoms with van der Waals surface area (Å²) in [5, 5.41) is 13.6. The summed E-state index contributed by atoms with van der Waals surface area (Å²) >= 11 is 1.38. The fourth-order valence-electron chi connectivity index (χ4n) is 2.50. The molecule has 5 nitrogen and oxygen atoms in total. The third-order valence-corrected chi connectivity index (χ3v) is 4.88. The SMILES string of the molecule is C[C@H](Oc1ccc(F)cc1)c1nn2c(Cc3ccc(F)cc3)nnc2s1. The lowest BCUT2D eigenvalue weighted by Gasteiger charge is -2.11. The molecule has 132 valence electrons. The molecule has 0 spiro atoms. The van der Waals surface area contributed by atoms with Gasteiger partial charge >= 0.3 is 0 Å². The Labute approximate surface area is 151 Å². The normalized spacial score (nSPS) is 12.4. The van der Waals surface area contributed by atoms with Gasteiger partial charge in [-0.05, 0) is 48.9 Å². The summed E-state index contributed by atoms with van der Waals surface area (Å²) in [6, 6.07) is 12.1. The molecule has 0 aliphatic rings. The van der Waals surface area contributed by atoms with Crippen LogP contribution >= 0.6 is 11.3 Å². The fourth-order valence-corrected chi connectivity index (χ4v) is 3.34. The zero-order chi connectivity index (χ0) is 18.1. The zero-order valence-corrected chi connectivity index (χ0v) is 14.6. The van der Waals surface area contributed by atoms with Gasteiger partial charge in [0.05, 0.1) is 0 Å². The minimum atomic E-state index is -0.314. The standard InChI is InChI=1S/C18H14F2N4OS/c1-11(25-15-8-6-14(20)7-9-15)17-23-24-16(21-22-18(24)26-17)10-12-2-4-13(19)5-3-12/h2-9,11H,10H2,1H3/t11-/m0/s1. The van der Waals surface area contributed by atoms with Crippen molar-refractivity contribution in [3.8, 4) is 5.75 Å². The third kappa shape index (κ3) is 3.41. The number of nitrogens with zero attached hydrogens (tertiary/aromatic N) is 4. The van der Waals surface area contributed by atoms with Crippen LogP contribution in [0.5, 0.6) is 5.75 Å². The van der Waals surface area contributed by atoms with Crippen LogP contribution in [0.4, 0.5) is 8.78 Å². The van der Waals surface area contributed by atoms with E-state index in [1.807, 2.05) is 6.92 Å². The van der Waals surface area contributed by atoms with Crippen LogP contribution in [-0.4, -0.2) is 19.8 Å². The minimum Gasteiger partial charge on any atom is -0.483 e. The van der Waals surface area contributed by atoms with Gasteiger partial charge in [0, 0.05) is 6.42 Å². The van der Waals surface area contributed by atoms with Gasteiger partial charge in [-0.3, -0.25) is 0 Å².